The first-order valence-electron chi connectivity index (χ1n) is 42.8. The Morgan fingerprint density at radius 2 is 0.315 bits per heavy atom. The van der Waals surface area contributed by atoms with E-state index < -0.39 is 382 Å². The van der Waals surface area contributed by atoms with Gasteiger partial charge in [-0.25, -0.2) is 0 Å². The number of rotatable bonds is 65. The highest BCUT2D eigenvalue weighted by atomic mass is 16.3. The van der Waals surface area contributed by atoms with Crippen LogP contribution in [0.15, 0.2) is 5.18 Å². The largest absolute Gasteiger partial charge is 0.392 e. The van der Waals surface area contributed by atoms with Gasteiger partial charge in [-0.3, -0.25) is 76.7 Å². The number of nitrogens with one attached hydrogen (secondary N) is 1. The summed E-state index contributed by atoms with van der Waals surface area (Å²) in [4.78, 5) is 249. The summed E-state index contributed by atoms with van der Waals surface area (Å²) in [5.74, 6) is -16.4. The molecule has 18 N–H and O–H groups in total. The average Bonchev–Trinajstić information content (AvgIpc) is 0.850. The lowest BCUT2D eigenvalue weighted by molar-refractivity contribution is -0.151. The first kappa shape index (κ1) is 120. The summed E-state index contributed by atoms with van der Waals surface area (Å²) < 4.78 is 0. The molecule has 0 aromatic heterocycles. The normalized spacial score (nSPS) is 15.0. The highest BCUT2D eigenvalue weighted by molar-refractivity contribution is 5.96. The summed E-state index contributed by atoms with van der Waals surface area (Å²) in [6.07, 6.45) is -19.9. The standard InChI is InChI=1S/C80H146N18O32/c1-49(83-130)19-84(35-69(118)88(23-54(6)103)38-68(117)85(20-51(3)100)34-65(81)114)67(116)37-87(22-53(5)102)71(120)40-90(25-56(8)105)73(122)42-92(27-58(10)107)75(124)44-94(29-60(12)109)77(126)46-96(31-62(14)111)79(128)48-98(33-64(16)113)80(129)47-97(32-63(15)112)78(127)45-95(30-61(13)110)76(125)43-93(28-59(11)108)74(123)41-91(26-57(9)106)72(121)39-89(24-55(7)104)70(119)36-86(21-52(4)101)66(115)18-82-17-50(2)99/h49-64,82,99-113H,17-48H2,1-16H3,(H2,81,114). The lowest BCUT2D eigenvalue weighted by Gasteiger charge is -2.34. The number of carbonyl (C=O) groups is 16. The molecule has 0 aromatic carbocycles. The number of amides is 16. The van der Waals surface area contributed by atoms with Gasteiger partial charge in [-0.15, -0.1) is 0 Å². The molecule has 0 saturated heterocycles. The zero-order valence-electron chi connectivity index (χ0n) is 77.7. The predicted molar refractivity (Wildman–Crippen MR) is 461 cm³/mol. The summed E-state index contributed by atoms with van der Waals surface area (Å²) in [5.41, 5.74) is 5.31. The predicted octanol–water partition coefficient (Wildman–Crippen LogP) is -12.6. The lowest BCUT2D eigenvalue weighted by Crippen LogP contribution is -2.55. The van der Waals surface area contributed by atoms with E-state index in [0.29, 0.717) is 0 Å². The third-order valence-electron chi connectivity index (χ3n) is 18.4. The molecule has 0 aromatic rings. The maximum atomic E-state index is 14.6. The van der Waals surface area contributed by atoms with Gasteiger partial charge < -0.3 is 161 Å². The molecule has 0 saturated carbocycles. The second kappa shape index (κ2) is 61.2. The van der Waals surface area contributed by atoms with Crippen molar-refractivity contribution in [2.24, 2.45) is 10.9 Å². The summed E-state index contributed by atoms with van der Waals surface area (Å²) in [5, 5.41) is 163. The molecular weight excluding hydrogens is 1720 g/mol. The van der Waals surface area contributed by atoms with Crippen LogP contribution in [0.2, 0.25) is 0 Å². The van der Waals surface area contributed by atoms with Crippen molar-refractivity contribution in [1.29, 1.82) is 0 Å². The summed E-state index contributed by atoms with van der Waals surface area (Å²) in [7, 11) is 0. The van der Waals surface area contributed by atoms with E-state index in [0.717, 1.165) is 73.5 Å². The van der Waals surface area contributed by atoms with Crippen LogP contribution in [0.4, 0.5) is 0 Å². The average molecular weight is 1870 g/mol. The Morgan fingerprint density at radius 3 is 0.423 bits per heavy atom. The molecule has 0 aliphatic rings. The number of nitrogens with zero attached hydrogens (tertiary/aromatic N) is 16. The van der Waals surface area contributed by atoms with E-state index in [-0.39, 0.29) is 19.6 Å². The van der Waals surface area contributed by atoms with Crippen LogP contribution in [0.1, 0.15) is 111 Å². The Bertz CT molecular complexity index is 3590. The third kappa shape index (κ3) is 51.3. The Balaban J connectivity index is 7.33. The topological polar surface area (TPSA) is 693 Å². The van der Waals surface area contributed by atoms with Gasteiger partial charge in [0, 0.05) is 105 Å². The van der Waals surface area contributed by atoms with Gasteiger partial charge in [0.15, 0.2) is 0 Å². The number of hydrogen-bond acceptors (Lipinski definition) is 34. The Labute approximate surface area is 757 Å². The van der Waals surface area contributed by atoms with Gasteiger partial charge in [0.1, 0.15) is 6.04 Å². The zero-order valence-corrected chi connectivity index (χ0v) is 77.7. The van der Waals surface area contributed by atoms with E-state index in [1.165, 1.54) is 111 Å². The van der Waals surface area contributed by atoms with Crippen molar-refractivity contribution in [3.05, 3.63) is 4.91 Å². The molecule has 50 heteroatoms. The van der Waals surface area contributed by atoms with Gasteiger partial charge >= 0.3 is 0 Å². The van der Waals surface area contributed by atoms with Crippen molar-refractivity contribution in [3.8, 4) is 0 Å². The van der Waals surface area contributed by atoms with E-state index in [1.54, 1.807) is 0 Å². The lowest BCUT2D eigenvalue weighted by atomic mass is 10.2. The molecule has 0 spiro atoms. The molecule has 0 fully saturated rings. The number of aliphatic hydroxyl groups is 15. The minimum Gasteiger partial charge on any atom is -0.392 e. The van der Waals surface area contributed by atoms with Gasteiger partial charge in [0.25, 0.3) is 0 Å². The van der Waals surface area contributed by atoms with Crippen LogP contribution in [0.5, 0.6) is 0 Å². The molecule has 16 amide bonds. The minimum atomic E-state index is -1.45. The van der Waals surface area contributed by atoms with Crippen LogP contribution in [0.25, 0.3) is 0 Å². The monoisotopic (exact) mass is 1870 g/mol. The second-order valence-corrected chi connectivity index (χ2v) is 33.9. The summed E-state index contributed by atoms with van der Waals surface area (Å²) in [6, 6.07) is -1.22. The molecule has 0 heterocycles. The zero-order chi connectivity index (χ0) is 100. The van der Waals surface area contributed by atoms with Crippen LogP contribution >= 0.6 is 0 Å². The van der Waals surface area contributed by atoms with Crippen molar-refractivity contribution >= 4 is 94.5 Å². The molecule has 0 bridgehead atoms. The summed E-state index contributed by atoms with van der Waals surface area (Å²) >= 11 is 0. The van der Waals surface area contributed by atoms with Crippen molar-refractivity contribution in [3.63, 3.8) is 0 Å². The van der Waals surface area contributed by atoms with Gasteiger partial charge in [-0.1, -0.05) is 5.18 Å². The third-order valence-corrected chi connectivity index (χ3v) is 18.4. The van der Waals surface area contributed by atoms with Crippen molar-refractivity contribution < 1.29 is 153 Å². The van der Waals surface area contributed by atoms with Crippen molar-refractivity contribution in [2.45, 2.75) is 208 Å². The minimum absolute atomic E-state index is 0.000169. The number of nitrogens with two attached hydrogens (primary N) is 1. The van der Waals surface area contributed by atoms with Crippen LogP contribution in [0.3, 0.4) is 0 Å². The van der Waals surface area contributed by atoms with Gasteiger partial charge in [-0.05, 0) is 111 Å². The fourth-order valence-electron chi connectivity index (χ4n) is 13.0. The first-order valence-corrected chi connectivity index (χ1v) is 42.8. The molecule has 16 unspecified atom stereocenters. The van der Waals surface area contributed by atoms with Crippen molar-refractivity contribution in [1.82, 2.24) is 78.8 Å². The molecule has 130 heavy (non-hydrogen) atoms. The quantitative estimate of drug-likeness (QED) is 0.0251. The molecule has 0 aliphatic heterocycles. The fourth-order valence-corrected chi connectivity index (χ4v) is 13.0. The first-order chi connectivity index (χ1) is 60.1. The Morgan fingerprint density at radius 1 is 0.200 bits per heavy atom. The number of aliphatic hydroxyl groups excluding tert-OH is 15. The molecule has 16 atom stereocenters. The summed E-state index contributed by atoms with van der Waals surface area (Å²) in [6.45, 7) is -3.09. The van der Waals surface area contributed by atoms with Crippen molar-refractivity contribution in [2.75, 3.05) is 209 Å². The van der Waals surface area contributed by atoms with Crippen LogP contribution in [0, 0.1) is 4.91 Å². The molecule has 50 nitrogen and oxygen atoms in total. The molecule has 0 rings (SSSR count). The number of carbonyl (C=O) groups excluding carboxylic acids is 16. The van der Waals surface area contributed by atoms with E-state index in [4.69, 9.17) is 5.73 Å². The van der Waals surface area contributed by atoms with Gasteiger partial charge in [0.2, 0.25) is 94.5 Å². The van der Waals surface area contributed by atoms with E-state index in [2.05, 4.69) is 10.5 Å². The number of hydrogen-bond donors (Lipinski definition) is 17. The van der Waals surface area contributed by atoms with Crippen LogP contribution < -0.4 is 11.1 Å². The SMILES string of the molecule is CC(O)CNCC(=O)N(CC(=O)N(CC(=O)N(CC(=O)N(CC(=O)N(CC(=O)N(CC(=O)N(CC(=O)N(CC(=O)N(CC(=O)N(CC(=O)N(CC(=O)N(CC(=O)N(CC(=O)N(CC(=O)N(CC(N)=O)CC(C)O)CC(C)O)CC(C)N=O)CC(C)O)CC(C)O)CC(C)O)CC(C)O)CC(C)O)CC(C)O)CC(C)O)CC(C)O)CC(C)O)CC(C)O)CC(C)O)CC(C)O. The number of nitroso groups, excluding NO2 is 1. The molecular formula is C80H146N18O32. The van der Waals surface area contributed by atoms with E-state index in [9.17, 15) is 158 Å². The maximum absolute atomic E-state index is 14.6. The fraction of sp³-hybridized carbons (Fsp3) is 0.800. The Hall–Kier alpha value is -9.52. The van der Waals surface area contributed by atoms with E-state index >= 15 is 0 Å². The molecule has 0 radical (unpaired) electrons. The number of primary amides is 1. The van der Waals surface area contributed by atoms with Gasteiger partial charge in [0.05, 0.1) is 196 Å². The van der Waals surface area contributed by atoms with Crippen LogP contribution in [-0.2, 0) is 76.7 Å². The smallest absolute Gasteiger partial charge is 0.242 e. The van der Waals surface area contributed by atoms with Gasteiger partial charge in [-0.2, -0.15) is 4.91 Å². The second-order valence-electron chi connectivity index (χ2n) is 33.9. The molecule has 748 valence electrons. The maximum Gasteiger partial charge on any atom is 0.242 e. The molecule has 0 aliphatic carbocycles. The highest BCUT2D eigenvalue weighted by Gasteiger charge is 2.38. The van der Waals surface area contributed by atoms with E-state index in [1.807, 2.05) is 0 Å². The highest BCUT2D eigenvalue weighted by Crippen LogP contribution is 2.15. The Kier molecular flexibility index (Phi) is 56.8. The van der Waals surface area contributed by atoms with Crippen LogP contribution in [-0.4, -0.2) is 552 Å².